The highest BCUT2D eigenvalue weighted by Gasteiger charge is 2.45. The van der Waals surface area contributed by atoms with Crippen LogP contribution in [0, 0.1) is 0 Å². The lowest BCUT2D eigenvalue weighted by molar-refractivity contribution is 0.137. The molecule has 2 atom stereocenters. The highest BCUT2D eigenvalue weighted by Crippen LogP contribution is 2.32. The number of likely N-dealkylation sites (tertiary alicyclic amines) is 1. The summed E-state index contributed by atoms with van der Waals surface area (Å²) in [6.07, 6.45) is 3.39. The number of rotatable bonds is 2. The standard InChI is InChI=1S/C18H22N4O2S/c23-25(24)16-8-4-10-19-17(16)20-13-18(21-25)9-5-11-22(14-18)12-15-6-2-1-3-7-15/h1-4,6-8,10H,5,9,11-14H2,(H2-,19,20,21,23,24). The Labute approximate surface area is 149 Å². The van der Waals surface area contributed by atoms with E-state index in [1.54, 1.807) is 18.3 Å². The average Bonchev–Trinajstić information content (AvgIpc) is 2.71. The van der Waals surface area contributed by atoms with E-state index >= 15 is 0 Å². The Bertz CT molecular complexity index is 801. The smallest absolute Gasteiger partial charge is 0.217 e. The van der Waals surface area contributed by atoms with Gasteiger partial charge in [0.1, 0.15) is 0 Å². The van der Waals surface area contributed by atoms with Crippen molar-refractivity contribution in [3.8, 4) is 0 Å². The summed E-state index contributed by atoms with van der Waals surface area (Å²) in [5, 5.41) is 3.25. The predicted molar refractivity (Wildman–Crippen MR) is 96.6 cm³/mol. The molecule has 132 valence electrons. The maximum Gasteiger partial charge on any atom is 0.217 e. The number of aromatic nitrogens is 1. The third kappa shape index (κ3) is 3.46. The van der Waals surface area contributed by atoms with Crippen molar-refractivity contribution >= 4 is 16.2 Å². The number of nitrogens with zero attached hydrogens (tertiary/aromatic N) is 2. The maximum absolute atomic E-state index is 12.8. The van der Waals surface area contributed by atoms with Gasteiger partial charge in [0, 0.05) is 31.9 Å². The lowest BCUT2D eigenvalue weighted by Gasteiger charge is -2.42. The average molecular weight is 358 g/mol. The van der Waals surface area contributed by atoms with E-state index in [9.17, 15) is 8.76 Å². The van der Waals surface area contributed by atoms with Crippen molar-refractivity contribution in [2.75, 3.05) is 25.0 Å². The Balaban J connectivity index is 1.56. The van der Waals surface area contributed by atoms with Crippen LogP contribution in [0.1, 0.15) is 18.4 Å². The van der Waals surface area contributed by atoms with Crippen LogP contribution < -0.4 is 10.0 Å². The molecular weight excluding hydrogens is 336 g/mol. The largest absolute Gasteiger partial charge is 0.593 e. The molecule has 7 heteroatoms. The topological polar surface area (TPSA) is 80.3 Å². The van der Waals surface area contributed by atoms with Crippen molar-refractivity contribution < 1.29 is 8.76 Å². The van der Waals surface area contributed by atoms with Crippen LogP contribution in [0.4, 0.5) is 5.82 Å². The molecule has 3 heterocycles. The summed E-state index contributed by atoms with van der Waals surface area (Å²) in [6.45, 7) is 3.03. The zero-order chi connectivity index (χ0) is 17.3. The second-order valence-electron chi connectivity index (χ2n) is 6.89. The summed E-state index contributed by atoms with van der Waals surface area (Å²) in [5.74, 6) is 0.437. The molecule has 1 saturated heterocycles. The molecule has 0 aliphatic carbocycles. The van der Waals surface area contributed by atoms with Gasteiger partial charge in [0.15, 0.2) is 16.2 Å². The molecule has 1 fully saturated rings. The second kappa shape index (κ2) is 6.49. The highest BCUT2D eigenvalue weighted by atomic mass is 32.3. The normalized spacial score (nSPS) is 29.6. The first-order chi connectivity index (χ1) is 12.1. The Morgan fingerprint density at radius 2 is 2.08 bits per heavy atom. The molecule has 0 amide bonds. The number of hydrogen-bond donors (Lipinski definition) is 2. The molecule has 2 unspecified atom stereocenters. The van der Waals surface area contributed by atoms with Gasteiger partial charge in [-0.15, -0.1) is 4.72 Å². The number of hydrogen-bond acceptors (Lipinski definition) is 5. The second-order valence-corrected chi connectivity index (χ2v) is 8.54. The van der Waals surface area contributed by atoms with E-state index in [2.05, 4.69) is 32.1 Å². The Morgan fingerprint density at radius 1 is 1.24 bits per heavy atom. The van der Waals surface area contributed by atoms with E-state index in [4.69, 9.17) is 0 Å². The third-order valence-electron chi connectivity index (χ3n) is 4.91. The summed E-state index contributed by atoms with van der Waals surface area (Å²) >= 11 is 0. The van der Waals surface area contributed by atoms with E-state index in [-0.39, 0.29) is 4.90 Å². The summed E-state index contributed by atoms with van der Waals surface area (Å²) in [7, 11) is -3.58. The van der Waals surface area contributed by atoms with Crippen molar-refractivity contribution in [2.24, 2.45) is 0 Å². The summed E-state index contributed by atoms with van der Waals surface area (Å²) in [5.41, 5.74) is 0.737. The van der Waals surface area contributed by atoms with Gasteiger partial charge in [0.2, 0.25) is 4.90 Å². The van der Waals surface area contributed by atoms with Gasteiger partial charge in [-0.25, -0.2) is 4.98 Å². The highest BCUT2D eigenvalue weighted by molar-refractivity contribution is 7.96. The van der Waals surface area contributed by atoms with E-state index in [0.717, 1.165) is 25.9 Å². The van der Waals surface area contributed by atoms with Gasteiger partial charge in [-0.1, -0.05) is 34.5 Å². The SMILES string of the molecule is O=[S+]1([O-])NC2(CCCN(Cc3ccccc3)C2)CNc2ncccc21. The molecule has 2 aromatic rings. The van der Waals surface area contributed by atoms with Gasteiger partial charge >= 0.3 is 0 Å². The molecule has 0 saturated carbocycles. The van der Waals surface area contributed by atoms with Gasteiger partial charge in [-0.05, 0) is 31.0 Å². The van der Waals surface area contributed by atoms with Crippen LogP contribution in [-0.4, -0.2) is 39.6 Å². The van der Waals surface area contributed by atoms with Crippen molar-refractivity contribution in [2.45, 2.75) is 29.8 Å². The van der Waals surface area contributed by atoms with Crippen molar-refractivity contribution in [1.82, 2.24) is 14.6 Å². The summed E-state index contributed by atoms with van der Waals surface area (Å²) < 4.78 is 28.6. The minimum Gasteiger partial charge on any atom is -0.593 e. The Kier molecular flexibility index (Phi) is 4.33. The number of anilines is 1. The van der Waals surface area contributed by atoms with Gasteiger partial charge in [0.25, 0.3) is 0 Å². The van der Waals surface area contributed by atoms with Gasteiger partial charge < -0.3 is 9.87 Å². The number of piperidine rings is 1. The lowest BCUT2D eigenvalue weighted by atomic mass is 9.89. The molecule has 0 radical (unpaired) electrons. The molecule has 2 N–H and O–H groups in total. The van der Waals surface area contributed by atoms with Crippen LogP contribution in [-0.2, 0) is 21.2 Å². The minimum atomic E-state index is -3.58. The molecule has 4 rings (SSSR count). The van der Waals surface area contributed by atoms with Gasteiger partial charge in [-0.3, -0.25) is 4.90 Å². The quantitative estimate of drug-likeness (QED) is 0.803. The molecule has 0 bridgehead atoms. The van der Waals surface area contributed by atoms with Gasteiger partial charge in [0.05, 0.1) is 5.54 Å². The molecular formula is C18H22N4O2S. The number of fused-ring (bicyclic) bond motifs is 1. The van der Waals surface area contributed by atoms with E-state index in [1.807, 2.05) is 18.2 Å². The van der Waals surface area contributed by atoms with Gasteiger partial charge in [-0.2, -0.15) is 0 Å². The van der Waals surface area contributed by atoms with E-state index < -0.39 is 15.9 Å². The number of benzene rings is 1. The third-order valence-corrected chi connectivity index (χ3v) is 6.52. The van der Waals surface area contributed by atoms with E-state index in [0.29, 0.717) is 18.9 Å². The van der Waals surface area contributed by atoms with Crippen molar-refractivity contribution in [3.05, 3.63) is 54.2 Å². The maximum atomic E-state index is 12.8. The molecule has 1 aromatic heterocycles. The first kappa shape index (κ1) is 16.7. The van der Waals surface area contributed by atoms with Crippen LogP contribution in [0.2, 0.25) is 0 Å². The van der Waals surface area contributed by atoms with Crippen LogP contribution in [0.25, 0.3) is 0 Å². The first-order valence-electron chi connectivity index (χ1n) is 8.56. The lowest BCUT2D eigenvalue weighted by Crippen LogP contribution is -2.62. The van der Waals surface area contributed by atoms with Crippen molar-refractivity contribution in [3.63, 3.8) is 0 Å². The molecule has 2 aliphatic rings. The number of nitrogens with one attached hydrogen (secondary N) is 2. The van der Waals surface area contributed by atoms with Crippen LogP contribution in [0.5, 0.6) is 0 Å². The Hall–Kier alpha value is -1.80. The zero-order valence-electron chi connectivity index (χ0n) is 14.0. The van der Waals surface area contributed by atoms with Crippen molar-refractivity contribution in [1.29, 1.82) is 0 Å². The zero-order valence-corrected chi connectivity index (χ0v) is 14.8. The fourth-order valence-corrected chi connectivity index (χ4v) is 5.36. The van der Waals surface area contributed by atoms with E-state index in [1.165, 1.54) is 5.56 Å². The summed E-state index contributed by atoms with van der Waals surface area (Å²) in [6, 6.07) is 13.5. The monoisotopic (exact) mass is 358 g/mol. The summed E-state index contributed by atoms with van der Waals surface area (Å²) in [4.78, 5) is 6.75. The molecule has 2 aliphatic heterocycles. The van der Waals surface area contributed by atoms with Crippen LogP contribution in [0.15, 0.2) is 53.6 Å². The number of pyridine rings is 1. The first-order valence-corrected chi connectivity index (χ1v) is 10.0. The number of sulfonamides is 1. The fourth-order valence-electron chi connectivity index (χ4n) is 3.80. The molecule has 1 spiro atoms. The van der Waals surface area contributed by atoms with Crippen LogP contribution >= 0.6 is 0 Å². The fraction of sp³-hybridized carbons (Fsp3) is 0.389. The molecule has 6 nitrogen and oxygen atoms in total. The predicted octanol–water partition coefficient (Wildman–Crippen LogP) is 2.04. The molecule has 1 aromatic carbocycles. The Morgan fingerprint density at radius 3 is 2.92 bits per heavy atom. The molecule has 25 heavy (non-hydrogen) atoms. The minimum absolute atomic E-state index is 0.229. The van der Waals surface area contributed by atoms with Crippen LogP contribution in [0.3, 0.4) is 0 Å².